The Labute approximate surface area is 107 Å². The summed E-state index contributed by atoms with van der Waals surface area (Å²) in [5.74, 6) is 0.958. The van der Waals surface area contributed by atoms with Crippen molar-refractivity contribution in [2.45, 2.75) is 19.4 Å². The topological polar surface area (TPSA) is 39.1 Å². The Morgan fingerprint density at radius 1 is 1.33 bits per heavy atom. The van der Waals surface area contributed by atoms with Crippen molar-refractivity contribution in [3.05, 3.63) is 42.2 Å². The van der Waals surface area contributed by atoms with Gasteiger partial charge >= 0.3 is 0 Å². The average molecular weight is 243 g/mol. The third-order valence-electron chi connectivity index (χ3n) is 3.17. The summed E-state index contributed by atoms with van der Waals surface area (Å²) >= 11 is 0. The van der Waals surface area contributed by atoms with Crippen LogP contribution >= 0.6 is 0 Å². The zero-order valence-electron chi connectivity index (χ0n) is 10.3. The number of nitrogens with zero attached hydrogens (tertiary/aromatic N) is 2. The first-order valence-corrected chi connectivity index (χ1v) is 6.39. The molecule has 1 aliphatic rings. The lowest BCUT2D eigenvalue weighted by Gasteiger charge is -2.21. The molecule has 0 saturated heterocycles. The van der Waals surface area contributed by atoms with Crippen molar-refractivity contribution < 1.29 is 4.74 Å². The summed E-state index contributed by atoms with van der Waals surface area (Å²) in [6.45, 7) is 2.45. The lowest BCUT2D eigenvalue weighted by atomic mass is 10.0. The summed E-state index contributed by atoms with van der Waals surface area (Å²) in [4.78, 5) is 0. The van der Waals surface area contributed by atoms with Crippen LogP contribution in [-0.4, -0.2) is 22.9 Å². The molecule has 2 aromatic rings. The smallest absolute Gasteiger partial charge is 0.142 e. The van der Waals surface area contributed by atoms with Gasteiger partial charge in [0.15, 0.2) is 0 Å². The standard InChI is InChI=1S/C14H17N3O/c1-4-12-5-2-7-15-14(12)13(6-1)18-11-10-17-9-3-8-16-17/h1,3-4,6,8-9,15H,2,5,7,10-11H2. The van der Waals surface area contributed by atoms with E-state index in [1.54, 1.807) is 6.20 Å². The summed E-state index contributed by atoms with van der Waals surface area (Å²) in [6.07, 6.45) is 6.07. The fourth-order valence-corrected chi connectivity index (χ4v) is 2.28. The van der Waals surface area contributed by atoms with Gasteiger partial charge in [-0.1, -0.05) is 12.1 Å². The lowest BCUT2D eigenvalue weighted by Crippen LogP contribution is -2.14. The van der Waals surface area contributed by atoms with Gasteiger partial charge in [0.2, 0.25) is 0 Å². The van der Waals surface area contributed by atoms with Crippen molar-refractivity contribution >= 4 is 5.69 Å². The highest BCUT2D eigenvalue weighted by molar-refractivity contribution is 5.63. The highest BCUT2D eigenvalue weighted by Gasteiger charge is 2.12. The van der Waals surface area contributed by atoms with Gasteiger partial charge in [0.05, 0.1) is 12.2 Å². The first-order valence-electron chi connectivity index (χ1n) is 6.39. The third kappa shape index (κ3) is 2.32. The Morgan fingerprint density at radius 3 is 3.22 bits per heavy atom. The fourth-order valence-electron chi connectivity index (χ4n) is 2.28. The quantitative estimate of drug-likeness (QED) is 0.895. The van der Waals surface area contributed by atoms with Crippen LogP contribution < -0.4 is 10.1 Å². The molecule has 4 heteroatoms. The van der Waals surface area contributed by atoms with Gasteiger partial charge in [-0.3, -0.25) is 4.68 Å². The van der Waals surface area contributed by atoms with E-state index in [2.05, 4.69) is 22.5 Å². The van der Waals surface area contributed by atoms with Crippen LogP contribution in [0, 0.1) is 0 Å². The minimum absolute atomic E-state index is 0.639. The summed E-state index contributed by atoms with van der Waals surface area (Å²) in [6, 6.07) is 8.18. The van der Waals surface area contributed by atoms with Gasteiger partial charge in [-0.15, -0.1) is 0 Å². The minimum Gasteiger partial charge on any atom is -0.489 e. The second-order valence-electron chi connectivity index (χ2n) is 4.44. The third-order valence-corrected chi connectivity index (χ3v) is 3.17. The predicted molar refractivity (Wildman–Crippen MR) is 71.0 cm³/mol. The second kappa shape index (κ2) is 5.12. The van der Waals surface area contributed by atoms with Crippen LogP contribution in [0.3, 0.4) is 0 Å². The molecule has 1 aromatic carbocycles. The number of ether oxygens (including phenoxy) is 1. The molecule has 0 amide bonds. The normalized spacial score (nSPS) is 13.8. The van der Waals surface area contributed by atoms with Crippen LogP contribution in [0.2, 0.25) is 0 Å². The van der Waals surface area contributed by atoms with Crippen LogP contribution in [0.5, 0.6) is 5.75 Å². The number of nitrogens with one attached hydrogen (secondary N) is 1. The minimum atomic E-state index is 0.639. The Morgan fingerprint density at radius 2 is 2.33 bits per heavy atom. The van der Waals surface area contributed by atoms with E-state index in [0.29, 0.717) is 6.61 Å². The molecule has 0 radical (unpaired) electrons. The van der Waals surface area contributed by atoms with E-state index in [0.717, 1.165) is 25.3 Å². The zero-order valence-corrected chi connectivity index (χ0v) is 10.3. The monoisotopic (exact) mass is 243 g/mol. The Balaban J connectivity index is 1.65. The highest BCUT2D eigenvalue weighted by Crippen LogP contribution is 2.31. The number of aromatic nitrogens is 2. The van der Waals surface area contributed by atoms with E-state index in [4.69, 9.17) is 4.74 Å². The van der Waals surface area contributed by atoms with E-state index in [9.17, 15) is 0 Å². The molecule has 0 saturated carbocycles. The molecule has 0 bridgehead atoms. The molecule has 18 heavy (non-hydrogen) atoms. The van der Waals surface area contributed by atoms with Crippen LogP contribution in [0.4, 0.5) is 5.69 Å². The fraction of sp³-hybridized carbons (Fsp3) is 0.357. The highest BCUT2D eigenvalue weighted by atomic mass is 16.5. The summed E-state index contributed by atoms with van der Waals surface area (Å²) < 4.78 is 7.73. The summed E-state index contributed by atoms with van der Waals surface area (Å²) in [5.41, 5.74) is 2.53. The molecular formula is C14H17N3O. The molecule has 0 fully saturated rings. The number of hydrogen-bond donors (Lipinski definition) is 1. The van der Waals surface area contributed by atoms with Crippen molar-refractivity contribution in [1.29, 1.82) is 0 Å². The van der Waals surface area contributed by atoms with Crippen LogP contribution in [-0.2, 0) is 13.0 Å². The molecule has 1 aromatic heterocycles. The van der Waals surface area contributed by atoms with Gasteiger partial charge in [0.1, 0.15) is 12.4 Å². The lowest BCUT2D eigenvalue weighted by molar-refractivity contribution is 0.292. The molecule has 94 valence electrons. The van der Waals surface area contributed by atoms with Gasteiger partial charge in [0.25, 0.3) is 0 Å². The molecule has 1 N–H and O–H groups in total. The molecular weight excluding hydrogens is 226 g/mol. The number of fused-ring (bicyclic) bond motifs is 1. The Bertz CT molecular complexity index is 508. The first kappa shape index (κ1) is 11.1. The number of anilines is 1. The Hall–Kier alpha value is -1.97. The predicted octanol–water partition coefficient (Wildman–Crippen LogP) is 2.32. The van der Waals surface area contributed by atoms with Gasteiger partial charge in [0, 0.05) is 18.9 Å². The van der Waals surface area contributed by atoms with Gasteiger partial charge in [-0.25, -0.2) is 0 Å². The Kier molecular flexibility index (Phi) is 3.17. The molecule has 2 heterocycles. The molecule has 0 spiro atoms. The largest absolute Gasteiger partial charge is 0.489 e. The number of para-hydroxylation sites is 1. The van der Waals surface area contributed by atoms with E-state index in [-0.39, 0.29) is 0 Å². The molecule has 3 rings (SSSR count). The van der Waals surface area contributed by atoms with E-state index in [1.165, 1.54) is 17.7 Å². The van der Waals surface area contributed by atoms with Crippen molar-refractivity contribution in [1.82, 2.24) is 9.78 Å². The molecule has 1 aliphatic heterocycles. The van der Waals surface area contributed by atoms with Crippen LogP contribution in [0.25, 0.3) is 0 Å². The van der Waals surface area contributed by atoms with Crippen LogP contribution in [0.1, 0.15) is 12.0 Å². The van der Waals surface area contributed by atoms with Crippen LogP contribution in [0.15, 0.2) is 36.7 Å². The van der Waals surface area contributed by atoms with Gasteiger partial charge in [-0.05, 0) is 30.5 Å². The number of aryl methyl sites for hydroxylation is 1. The van der Waals surface area contributed by atoms with Crippen molar-refractivity contribution in [2.75, 3.05) is 18.5 Å². The molecule has 0 atom stereocenters. The van der Waals surface area contributed by atoms with Crippen molar-refractivity contribution in [3.8, 4) is 5.75 Å². The van der Waals surface area contributed by atoms with E-state index in [1.807, 2.05) is 23.0 Å². The maximum atomic E-state index is 5.85. The molecule has 0 unspecified atom stereocenters. The summed E-state index contributed by atoms with van der Waals surface area (Å²) in [5, 5.41) is 7.58. The number of benzene rings is 1. The first-order chi connectivity index (χ1) is 8.93. The van der Waals surface area contributed by atoms with Gasteiger partial charge < -0.3 is 10.1 Å². The zero-order chi connectivity index (χ0) is 12.2. The molecule has 0 aliphatic carbocycles. The maximum absolute atomic E-state index is 5.85. The van der Waals surface area contributed by atoms with Gasteiger partial charge in [-0.2, -0.15) is 5.10 Å². The number of hydrogen-bond acceptors (Lipinski definition) is 3. The molecule has 4 nitrogen and oxygen atoms in total. The second-order valence-corrected chi connectivity index (χ2v) is 4.44. The van der Waals surface area contributed by atoms with E-state index < -0.39 is 0 Å². The van der Waals surface area contributed by atoms with E-state index >= 15 is 0 Å². The SMILES string of the molecule is c1cc2c(c(OCCn3cccn3)c1)NCCC2. The van der Waals surface area contributed by atoms with Crippen molar-refractivity contribution in [2.24, 2.45) is 0 Å². The average Bonchev–Trinajstić information content (AvgIpc) is 2.92. The van der Waals surface area contributed by atoms with Crippen molar-refractivity contribution in [3.63, 3.8) is 0 Å². The number of rotatable bonds is 4. The maximum Gasteiger partial charge on any atom is 0.142 e. The summed E-state index contributed by atoms with van der Waals surface area (Å²) in [7, 11) is 0.